The van der Waals surface area contributed by atoms with Crippen molar-refractivity contribution in [1.82, 2.24) is 14.7 Å². The van der Waals surface area contributed by atoms with Crippen molar-refractivity contribution in [2.24, 2.45) is 5.92 Å². The van der Waals surface area contributed by atoms with Crippen molar-refractivity contribution in [2.45, 2.75) is 65.0 Å². The van der Waals surface area contributed by atoms with Gasteiger partial charge in [-0.15, -0.1) is 0 Å². The van der Waals surface area contributed by atoms with Gasteiger partial charge in [-0.1, -0.05) is 6.92 Å². The van der Waals surface area contributed by atoms with Gasteiger partial charge < -0.3 is 9.80 Å². The normalized spacial score (nSPS) is 29.4. The fourth-order valence-electron chi connectivity index (χ4n) is 3.98. The standard InChI is InChI=1S/C18H37N3/c1-5-10-20-11-13-21(14-12-20)18-8-6-17(7-9-18)15-19(4)16(2)3/h16-18H,5-15H2,1-4H3. The zero-order valence-corrected chi connectivity index (χ0v) is 14.9. The Bertz CT molecular complexity index is 276. The molecule has 1 aliphatic carbocycles. The van der Waals surface area contributed by atoms with Crippen molar-refractivity contribution in [3.63, 3.8) is 0 Å². The lowest BCUT2D eigenvalue weighted by atomic mass is 9.84. The van der Waals surface area contributed by atoms with Crippen LogP contribution < -0.4 is 0 Å². The molecular formula is C18H37N3. The van der Waals surface area contributed by atoms with Crippen LogP contribution in [0, 0.1) is 5.92 Å². The third-order valence-electron chi connectivity index (χ3n) is 5.71. The molecule has 0 aromatic carbocycles. The number of piperazine rings is 1. The summed E-state index contributed by atoms with van der Waals surface area (Å²) in [5.41, 5.74) is 0. The summed E-state index contributed by atoms with van der Waals surface area (Å²) in [7, 11) is 2.28. The average molecular weight is 296 g/mol. The molecule has 2 aliphatic rings. The van der Waals surface area contributed by atoms with Gasteiger partial charge in [0.2, 0.25) is 0 Å². The van der Waals surface area contributed by atoms with Crippen molar-refractivity contribution in [1.29, 1.82) is 0 Å². The molecule has 1 saturated carbocycles. The topological polar surface area (TPSA) is 9.72 Å². The summed E-state index contributed by atoms with van der Waals surface area (Å²) in [6, 6.07) is 1.57. The van der Waals surface area contributed by atoms with Crippen LogP contribution in [0.1, 0.15) is 52.9 Å². The van der Waals surface area contributed by atoms with E-state index in [0.29, 0.717) is 6.04 Å². The average Bonchev–Trinajstić information content (AvgIpc) is 2.49. The lowest BCUT2D eigenvalue weighted by Crippen LogP contribution is -2.51. The van der Waals surface area contributed by atoms with Crippen LogP contribution in [-0.4, -0.2) is 73.1 Å². The number of nitrogens with zero attached hydrogens (tertiary/aromatic N) is 3. The summed E-state index contributed by atoms with van der Waals surface area (Å²) in [5.74, 6) is 0.940. The molecule has 124 valence electrons. The van der Waals surface area contributed by atoms with E-state index in [4.69, 9.17) is 0 Å². The van der Waals surface area contributed by atoms with Gasteiger partial charge in [0.15, 0.2) is 0 Å². The Morgan fingerprint density at radius 2 is 1.62 bits per heavy atom. The van der Waals surface area contributed by atoms with Crippen molar-refractivity contribution >= 4 is 0 Å². The molecule has 2 fully saturated rings. The van der Waals surface area contributed by atoms with Crippen LogP contribution in [0.25, 0.3) is 0 Å². The van der Waals surface area contributed by atoms with Crippen LogP contribution >= 0.6 is 0 Å². The summed E-state index contributed by atoms with van der Waals surface area (Å²) in [5, 5.41) is 0. The van der Waals surface area contributed by atoms with E-state index in [1.165, 1.54) is 71.4 Å². The van der Waals surface area contributed by atoms with Crippen molar-refractivity contribution in [3.8, 4) is 0 Å². The predicted octanol–water partition coefficient (Wildman–Crippen LogP) is 2.91. The van der Waals surface area contributed by atoms with Gasteiger partial charge in [-0.3, -0.25) is 4.90 Å². The first-order valence-electron chi connectivity index (χ1n) is 9.26. The van der Waals surface area contributed by atoms with Gasteiger partial charge in [0.05, 0.1) is 0 Å². The zero-order valence-electron chi connectivity index (χ0n) is 14.9. The van der Waals surface area contributed by atoms with E-state index < -0.39 is 0 Å². The third-order valence-corrected chi connectivity index (χ3v) is 5.71. The van der Waals surface area contributed by atoms with E-state index in [1.807, 2.05) is 0 Å². The van der Waals surface area contributed by atoms with Crippen LogP contribution in [0.4, 0.5) is 0 Å². The van der Waals surface area contributed by atoms with Gasteiger partial charge in [0, 0.05) is 44.8 Å². The predicted molar refractivity (Wildman–Crippen MR) is 91.8 cm³/mol. The lowest BCUT2D eigenvalue weighted by molar-refractivity contribution is 0.0653. The molecular weight excluding hydrogens is 258 g/mol. The highest BCUT2D eigenvalue weighted by molar-refractivity contribution is 4.84. The Balaban J connectivity index is 1.67. The fourth-order valence-corrected chi connectivity index (χ4v) is 3.98. The Labute approximate surface area is 132 Å². The summed E-state index contributed by atoms with van der Waals surface area (Å²) >= 11 is 0. The molecule has 3 nitrogen and oxygen atoms in total. The Morgan fingerprint density at radius 1 is 1.00 bits per heavy atom. The molecule has 0 unspecified atom stereocenters. The molecule has 0 aromatic heterocycles. The number of rotatable bonds is 6. The van der Waals surface area contributed by atoms with E-state index in [-0.39, 0.29) is 0 Å². The van der Waals surface area contributed by atoms with E-state index in [1.54, 1.807) is 0 Å². The quantitative estimate of drug-likeness (QED) is 0.746. The first kappa shape index (κ1) is 17.2. The van der Waals surface area contributed by atoms with Crippen LogP contribution in [0.15, 0.2) is 0 Å². The smallest absolute Gasteiger partial charge is 0.0113 e. The maximum absolute atomic E-state index is 2.79. The summed E-state index contributed by atoms with van der Waals surface area (Å²) in [4.78, 5) is 7.95. The molecule has 0 aromatic rings. The van der Waals surface area contributed by atoms with Crippen molar-refractivity contribution < 1.29 is 0 Å². The van der Waals surface area contributed by atoms with Gasteiger partial charge >= 0.3 is 0 Å². The molecule has 21 heavy (non-hydrogen) atoms. The lowest BCUT2D eigenvalue weighted by Gasteiger charge is -2.42. The largest absolute Gasteiger partial charge is 0.304 e. The van der Waals surface area contributed by atoms with E-state index in [0.717, 1.165) is 12.0 Å². The van der Waals surface area contributed by atoms with Gasteiger partial charge in [-0.05, 0) is 65.5 Å². The van der Waals surface area contributed by atoms with Gasteiger partial charge in [-0.2, -0.15) is 0 Å². The number of hydrogen-bond donors (Lipinski definition) is 0. The Hall–Kier alpha value is -0.120. The first-order valence-corrected chi connectivity index (χ1v) is 9.26. The second-order valence-corrected chi connectivity index (χ2v) is 7.59. The molecule has 0 radical (unpaired) electrons. The second-order valence-electron chi connectivity index (χ2n) is 7.59. The van der Waals surface area contributed by atoms with E-state index >= 15 is 0 Å². The molecule has 0 bridgehead atoms. The summed E-state index contributed by atoms with van der Waals surface area (Å²) < 4.78 is 0. The zero-order chi connectivity index (χ0) is 15.2. The summed E-state index contributed by atoms with van der Waals surface area (Å²) in [6.45, 7) is 14.7. The Morgan fingerprint density at radius 3 is 2.14 bits per heavy atom. The molecule has 1 saturated heterocycles. The van der Waals surface area contributed by atoms with Gasteiger partial charge in [0.1, 0.15) is 0 Å². The van der Waals surface area contributed by atoms with Gasteiger partial charge in [0.25, 0.3) is 0 Å². The SMILES string of the molecule is CCCN1CCN(C2CCC(CN(C)C(C)C)CC2)CC1. The van der Waals surface area contributed by atoms with Crippen LogP contribution in [-0.2, 0) is 0 Å². The molecule has 0 amide bonds. The van der Waals surface area contributed by atoms with Crippen LogP contribution in [0.5, 0.6) is 0 Å². The van der Waals surface area contributed by atoms with Crippen LogP contribution in [0.3, 0.4) is 0 Å². The minimum absolute atomic E-state index is 0.689. The maximum Gasteiger partial charge on any atom is 0.0113 e. The third kappa shape index (κ3) is 5.22. The minimum atomic E-state index is 0.689. The highest BCUT2D eigenvalue weighted by Gasteiger charge is 2.28. The molecule has 0 N–H and O–H groups in total. The van der Waals surface area contributed by atoms with Crippen molar-refractivity contribution in [3.05, 3.63) is 0 Å². The maximum atomic E-state index is 2.79. The second kappa shape index (κ2) is 8.50. The molecule has 3 heteroatoms. The molecule has 0 atom stereocenters. The van der Waals surface area contributed by atoms with E-state index in [9.17, 15) is 0 Å². The molecule has 0 spiro atoms. The number of hydrogen-bond acceptors (Lipinski definition) is 3. The molecule has 1 aliphatic heterocycles. The molecule has 2 rings (SSSR count). The highest BCUT2D eigenvalue weighted by atomic mass is 15.3. The minimum Gasteiger partial charge on any atom is -0.304 e. The highest BCUT2D eigenvalue weighted by Crippen LogP contribution is 2.29. The van der Waals surface area contributed by atoms with E-state index in [2.05, 4.69) is 42.5 Å². The van der Waals surface area contributed by atoms with Gasteiger partial charge in [-0.25, -0.2) is 0 Å². The van der Waals surface area contributed by atoms with Crippen molar-refractivity contribution in [2.75, 3.05) is 46.3 Å². The molecule has 1 heterocycles. The first-order chi connectivity index (χ1) is 10.1. The summed E-state index contributed by atoms with van der Waals surface area (Å²) in [6.07, 6.45) is 7.05. The fraction of sp³-hybridized carbons (Fsp3) is 1.00. The van der Waals surface area contributed by atoms with Crippen LogP contribution in [0.2, 0.25) is 0 Å². The Kier molecular flexibility index (Phi) is 6.97. The monoisotopic (exact) mass is 295 g/mol.